The smallest absolute Gasteiger partial charge is 0.327 e. The van der Waals surface area contributed by atoms with Gasteiger partial charge in [-0.15, -0.1) is 0 Å². The molecule has 0 radical (unpaired) electrons. The molecule has 1 amide bonds. The van der Waals surface area contributed by atoms with Gasteiger partial charge in [0.1, 0.15) is 11.8 Å². The molecule has 1 aromatic rings. The number of para-hydroxylation sites is 1. The molecule has 104 valence electrons. The number of carboxylic acids is 1. The molecule has 0 fully saturated rings. The SMILES string of the molecule is CSCC(NC(=O)C(C)Oc1ccccc1)C(=O)O. The number of rotatable bonds is 7. The van der Waals surface area contributed by atoms with Gasteiger partial charge in [-0.2, -0.15) is 11.8 Å². The van der Waals surface area contributed by atoms with Crippen molar-refractivity contribution in [1.29, 1.82) is 0 Å². The van der Waals surface area contributed by atoms with Crippen LogP contribution in [-0.4, -0.2) is 41.1 Å². The molecule has 2 N–H and O–H groups in total. The molecule has 1 rings (SSSR count). The zero-order valence-electron chi connectivity index (χ0n) is 10.8. The highest BCUT2D eigenvalue weighted by Crippen LogP contribution is 2.11. The maximum absolute atomic E-state index is 11.8. The third-order valence-electron chi connectivity index (χ3n) is 2.37. The lowest BCUT2D eigenvalue weighted by Gasteiger charge is -2.18. The predicted octanol–water partition coefficient (Wildman–Crippen LogP) is 1.39. The summed E-state index contributed by atoms with van der Waals surface area (Å²) in [6, 6.07) is 8.02. The molecular formula is C13H17NO4S. The Morgan fingerprint density at radius 3 is 2.53 bits per heavy atom. The van der Waals surface area contributed by atoms with Gasteiger partial charge in [-0.25, -0.2) is 4.79 Å². The minimum absolute atomic E-state index is 0.319. The molecule has 0 bridgehead atoms. The van der Waals surface area contributed by atoms with Gasteiger partial charge in [0.15, 0.2) is 6.10 Å². The lowest BCUT2D eigenvalue weighted by molar-refractivity contribution is -0.142. The van der Waals surface area contributed by atoms with E-state index in [0.29, 0.717) is 11.5 Å². The van der Waals surface area contributed by atoms with Crippen LogP contribution in [0.2, 0.25) is 0 Å². The normalized spacial score (nSPS) is 13.4. The summed E-state index contributed by atoms with van der Waals surface area (Å²) in [5.41, 5.74) is 0. The average Bonchev–Trinajstić information content (AvgIpc) is 2.39. The van der Waals surface area contributed by atoms with Gasteiger partial charge in [-0.1, -0.05) is 18.2 Å². The number of carboxylic acid groups (broad SMARTS) is 1. The van der Waals surface area contributed by atoms with Crippen LogP contribution in [0.25, 0.3) is 0 Å². The number of carbonyl (C=O) groups excluding carboxylic acids is 1. The van der Waals surface area contributed by atoms with Crippen molar-refractivity contribution in [3.63, 3.8) is 0 Å². The first-order valence-electron chi connectivity index (χ1n) is 5.78. The molecule has 19 heavy (non-hydrogen) atoms. The molecule has 0 saturated carbocycles. The molecule has 0 aliphatic heterocycles. The Bertz CT molecular complexity index is 424. The molecule has 0 aromatic heterocycles. The number of carbonyl (C=O) groups is 2. The first kappa shape index (κ1) is 15.4. The van der Waals surface area contributed by atoms with E-state index in [4.69, 9.17) is 9.84 Å². The van der Waals surface area contributed by atoms with Crippen molar-refractivity contribution >= 4 is 23.6 Å². The molecule has 0 aliphatic rings. The number of hydrogen-bond donors (Lipinski definition) is 2. The first-order chi connectivity index (χ1) is 9.04. The van der Waals surface area contributed by atoms with E-state index >= 15 is 0 Å². The number of benzene rings is 1. The summed E-state index contributed by atoms with van der Waals surface area (Å²) in [5, 5.41) is 11.4. The van der Waals surface area contributed by atoms with Crippen LogP contribution in [0.5, 0.6) is 5.75 Å². The number of amides is 1. The molecule has 0 heterocycles. The average molecular weight is 283 g/mol. The third-order valence-corrected chi connectivity index (χ3v) is 3.04. The summed E-state index contributed by atoms with van der Waals surface area (Å²) in [6.45, 7) is 1.58. The van der Waals surface area contributed by atoms with Gasteiger partial charge < -0.3 is 15.2 Å². The van der Waals surface area contributed by atoms with E-state index in [9.17, 15) is 9.59 Å². The van der Waals surface area contributed by atoms with Crippen LogP contribution < -0.4 is 10.1 Å². The van der Waals surface area contributed by atoms with Crippen LogP contribution >= 0.6 is 11.8 Å². The summed E-state index contributed by atoms with van der Waals surface area (Å²) in [4.78, 5) is 22.8. The molecular weight excluding hydrogens is 266 g/mol. The second-order valence-electron chi connectivity index (χ2n) is 3.93. The second-order valence-corrected chi connectivity index (χ2v) is 4.84. The van der Waals surface area contributed by atoms with E-state index in [1.165, 1.54) is 11.8 Å². The molecule has 5 nitrogen and oxygen atoms in total. The van der Waals surface area contributed by atoms with Crippen molar-refractivity contribution in [2.24, 2.45) is 0 Å². The Labute approximate surface area is 116 Å². The van der Waals surface area contributed by atoms with E-state index in [1.807, 2.05) is 6.07 Å². The lowest BCUT2D eigenvalue weighted by Crippen LogP contribution is -2.47. The van der Waals surface area contributed by atoms with Crippen molar-refractivity contribution in [2.75, 3.05) is 12.0 Å². The zero-order valence-corrected chi connectivity index (χ0v) is 11.6. The number of aliphatic carboxylic acids is 1. The van der Waals surface area contributed by atoms with Gasteiger partial charge in [0.05, 0.1) is 0 Å². The van der Waals surface area contributed by atoms with Crippen molar-refractivity contribution in [2.45, 2.75) is 19.1 Å². The lowest BCUT2D eigenvalue weighted by atomic mass is 10.3. The largest absolute Gasteiger partial charge is 0.481 e. The van der Waals surface area contributed by atoms with Crippen molar-refractivity contribution in [1.82, 2.24) is 5.32 Å². The first-order valence-corrected chi connectivity index (χ1v) is 7.17. The maximum Gasteiger partial charge on any atom is 0.327 e. The van der Waals surface area contributed by atoms with Crippen LogP contribution in [-0.2, 0) is 9.59 Å². The summed E-state index contributed by atoms with van der Waals surface area (Å²) in [7, 11) is 0. The Hall–Kier alpha value is -1.69. The molecule has 2 unspecified atom stereocenters. The topological polar surface area (TPSA) is 75.6 Å². The molecule has 6 heteroatoms. The standard InChI is InChI=1S/C13H17NO4S/c1-9(18-10-6-4-3-5-7-10)12(15)14-11(8-19-2)13(16)17/h3-7,9,11H,8H2,1-2H3,(H,14,15)(H,16,17). The van der Waals surface area contributed by atoms with Gasteiger partial charge in [0.25, 0.3) is 5.91 Å². The maximum atomic E-state index is 11.8. The Kier molecular flexibility index (Phi) is 6.21. The van der Waals surface area contributed by atoms with Crippen molar-refractivity contribution in [3.05, 3.63) is 30.3 Å². The van der Waals surface area contributed by atoms with Gasteiger partial charge in [0.2, 0.25) is 0 Å². The molecule has 0 spiro atoms. The van der Waals surface area contributed by atoms with E-state index in [2.05, 4.69) is 5.32 Å². The fraction of sp³-hybridized carbons (Fsp3) is 0.385. The van der Waals surface area contributed by atoms with Gasteiger partial charge in [-0.3, -0.25) is 4.79 Å². The van der Waals surface area contributed by atoms with Crippen LogP contribution in [0.3, 0.4) is 0 Å². The zero-order chi connectivity index (χ0) is 14.3. The number of thioether (sulfide) groups is 1. The summed E-state index contributed by atoms with van der Waals surface area (Å²) in [6.07, 6.45) is 1.04. The highest BCUT2D eigenvalue weighted by Gasteiger charge is 2.23. The Balaban J connectivity index is 2.54. The van der Waals surface area contributed by atoms with Crippen LogP contribution in [0.1, 0.15) is 6.92 Å². The summed E-state index contributed by atoms with van der Waals surface area (Å²) < 4.78 is 5.42. The fourth-order valence-electron chi connectivity index (χ4n) is 1.39. The van der Waals surface area contributed by atoms with Crippen LogP contribution in [0, 0.1) is 0 Å². The van der Waals surface area contributed by atoms with Gasteiger partial charge in [-0.05, 0) is 25.3 Å². The quantitative estimate of drug-likeness (QED) is 0.791. The number of ether oxygens (including phenoxy) is 1. The monoisotopic (exact) mass is 283 g/mol. The Morgan fingerprint density at radius 2 is 2.00 bits per heavy atom. The Morgan fingerprint density at radius 1 is 1.37 bits per heavy atom. The van der Waals surface area contributed by atoms with Crippen LogP contribution in [0.15, 0.2) is 30.3 Å². The molecule has 0 saturated heterocycles. The van der Waals surface area contributed by atoms with E-state index in [0.717, 1.165) is 0 Å². The molecule has 2 atom stereocenters. The second kappa shape index (κ2) is 7.68. The van der Waals surface area contributed by atoms with Crippen molar-refractivity contribution < 1.29 is 19.4 Å². The highest BCUT2D eigenvalue weighted by molar-refractivity contribution is 7.98. The van der Waals surface area contributed by atoms with E-state index in [1.54, 1.807) is 37.4 Å². The summed E-state index contributed by atoms with van der Waals surface area (Å²) in [5.74, 6) is -0.596. The number of hydrogen-bond acceptors (Lipinski definition) is 4. The van der Waals surface area contributed by atoms with Gasteiger partial charge >= 0.3 is 5.97 Å². The summed E-state index contributed by atoms with van der Waals surface area (Å²) >= 11 is 1.36. The van der Waals surface area contributed by atoms with E-state index < -0.39 is 24.0 Å². The minimum Gasteiger partial charge on any atom is -0.481 e. The van der Waals surface area contributed by atoms with Gasteiger partial charge in [0, 0.05) is 5.75 Å². The minimum atomic E-state index is -1.05. The predicted molar refractivity (Wildman–Crippen MR) is 74.5 cm³/mol. The van der Waals surface area contributed by atoms with Crippen molar-refractivity contribution in [3.8, 4) is 5.75 Å². The highest BCUT2D eigenvalue weighted by atomic mass is 32.2. The fourth-order valence-corrected chi connectivity index (χ4v) is 1.95. The number of nitrogens with one attached hydrogen (secondary N) is 1. The van der Waals surface area contributed by atoms with Crippen LogP contribution in [0.4, 0.5) is 0 Å². The molecule has 1 aromatic carbocycles. The van der Waals surface area contributed by atoms with E-state index in [-0.39, 0.29) is 0 Å². The third kappa shape index (κ3) is 5.21. The molecule has 0 aliphatic carbocycles.